The van der Waals surface area contributed by atoms with Gasteiger partial charge in [-0.15, -0.1) is 0 Å². The van der Waals surface area contributed by atoms with Gasteiger partial charge in [0.1, 0.15) is 5.75 Å². The number of benzene rings is 3. The maximum absolute atomic E-state index is 13.1. The average molecular weight is 478 g/mol. The molecule has 0 aromatic heterocycles. The van der Waals surface area contributed by atoms with E-state index in [0.29, 0.717) is 5.56 Å². The zero-order chi connectivity index (χ0) is 24.9. The molecule has 0 saturated carbocycles. The van der Waals surface area contributed by atoms with Crippen molar-refractivity contribution < 1.29 is 31.4 Å². The molecule has 9 heteroatoms. The maximum Gasteiger partial charge on any atom is 0.416 e. The monoisotopic (exact) mass is 478 g/mol. The minimum Gasteiger partial charge on any atom is -0.507 e. The first-order valence-electron chi connectivity index (χ1n) is 10.1. The molecular weight excluding hydrogens is 458 g/mol. The van der Waals surface area contributed by atoms with Gasteiger partial charge in [-0.3, -0.25) is 9.98 Å². The Morgan fingerprint density at radius 3 is 1.47 bits per heavy atom. The molecule has 0 spiro atoms. The molecule has 3 rings (SSSR count). The molecule has 3 aromatic rings. The summed E-state index contributed by atoms with van der Waals surface area (Å²) in [5.74, 6) is -0.230. The third-order valence-electron chi connectivity index (χ3n) is 4.94. The molecule has 0 amide bonds. The Labute approximate surface area is 192 Å². The van der Waals surface area contributed by atoms with Gasteiger partial charge < -0.3 is 5.11 Å². The van der Waals surface area contributed by atoms with Crippen LogP contribution in [0.4, 0.5) is 26.3 Å². The number of halogens is 6. The fourth-order valence-corrected chi connectivity index (χ4v) is 3.39. The van der Waals surface area contributed by atoms with Crippen molar-refractivity contribution in [2.45, 2.75) is 32.4 Å². The summed E-state index contributed by atoms with van der Waals surface area (Å²) < 4.78 is 78.8. The second-order valence-electron chi connectivity index (χ2n) is 7.54. The normalized spacial score (nSPS) is 12.7. The Morgan fingerprint density at radius 1 is 0.706 bits per heavy atom. The molecule has 0 unspecified atom stereocenters. The summed E-state index contributed by atoms with van der Waals surface area (Å²) in [4.78, 5) is 8.08. The van der Waals surface area contributed by atoms with E-state index in [1.165, 1.54) is 48.8 Å². The molecule has 3 aromatic carbocycles. The third kappa shape index (κ3) is 6.24. The van der Waals surface area contributed by atoms with Gasteiger partial charge >= 0.3 is 12.4 Å². The fraction of sp³-hybridized carbons (Fsp3) is 0.200. The van der Waals surface area contributed by atoms with E-state index in [-0.39, 0.29) is 41.1 Å². The van der Waals surface area contributed by atoms with E-state index >= 15 is 0 Å². The summed E-state index contributed by atoms with van der Waals surface area (Å²) in [5, 5.41) is 10.5. The van der Waals surface area contributed by atoms with Gasteiger partial charge in [0.05, 0.1) is 24.2 Å². The Morgan fingerprint density at radius 2 is 1.09 bits per heavy atom. The highest BCUT2D eigenvalue weighted by Gasteiger charge is 2.33. The van der Waals surface area contributed by atoms with Crippen molar-refractivity contribution in [2.75, 3.05) is 0 Å². The van der Waals surface area contributed by atoms with Gasteiger partial charge in [0.25, 0.3) is 0 Å². The molecule has 34 heavy (non-hydrogen) atoms. The van der Waals surface area contributed by atoms with E-state index in [1.807, 2.05) is 0 Å². The summed E-state index contributed by atoms with van der Waals surface area (Å²) >= 11 is 0. The number of rotatable bonds is 6. The molecule has 3 nitrogen and oxygen atoms in total. The topological polar surface area (TPSA) is 45.0 Å². The zero-order valence-electron chi connectivity index (χ0n) is 18.0. The summed E-state index contributed by atoms with van der Waals surface area (Å²) in [7, 11) is 0. The van der Waals surface area contributed by atoms with Crippen LogP contribution in [-0.2, 0) is 25.4 Å². The second kappa shape index (κ2) is 10.1. The van der Waals surface area contributed by atoms with Crippen molar-refractivity contribution in [3.63, 3.8) is 0 Å². The lowest BCUT2D eigenvalue weighted by Crippen LogP contribution is -2.08. The van der Waals surface area contributed by atoms with Crippen LogP contribution in [0.3, 0.4) is 0 Å². The predicted octanol–water partition coefficient (Wildman–Crippen LogP) is 6.98. The van der Waals surface area contributed by atoms with Crippen LogP contribution in [-0.4, -0.2) is 17.5 Å². The number of phenols is 1. The summed E-state index contributed by atoms with van der Waals surface area (Å²) in [6.45, 7) is 1.23. The Bertz CT molecular complexity index is 1120. The highest BCUT2D eigenvalue weighted by Crippen LogP contribution is 2.33. The lowest BCUT2D eigenvalue weighted by Gasteiger charge is -2.11. The van der Waals surface area contributed by atoms with E-state index in [2.05, 4.69) is 9.98 Å². The molecular formula is C25H20F6N2O. The van der Waals surface area contributed by atoms with Crippen LogP contribution in [0, 0.1) is 6.92 Å². The SMILES string of the molecule is Cc1cc(C=NCc2ccccc2C(F)(F)F)c(O)c(C=NCc2ccccc2C(F)(F)F)c1. The van der Waals surface area contributed by atoms with Crippen molar-refractivity contribution in [1.29, 1.82) is 0 Å². The van der Waals surface area contributed by atoms with Gasteiger partial charge in [-0.1, -0.05) is 36.4 Å². The zero-order valence-corrected chi connectivity index (χ0v) is 18.0. The minimum atomic E-state index is -4.51. The highest BCUT2D eigenvalue weighted by molar-refractivity contribution is 5.92. The first kappa shape index (κ1) is 25.0. The Hall–Kier alpha value is -3.62. The van der Waals surface area contributed by atoms with Crippen molar-refractivity contribution in [3.05, 3.63) is 99.6 Å². The molecule has 0 fully saturated rings. The highest BCUT2D eigenvalue weighted by atomic mass is 19.4. The molecule has 0 heterocycles. The molecule has 1 N–H and O–H groups in total. The standard InChI is InChI=1S/C25H20F6N2O/c1-16-10-19(14-32-12-17-6-2-4-8-21(17)24(26,27)28)23(34)20(11-16)15-33-13-18-7-3-5-9-22(18)25(29,30)31/h2-11,14-15,34H,12-13H2,1H3. The minimum absolute atomic E-state index is 0.0106. The van der Waals surface area contributed by atoms with E-state index in [4.69, 9.17) is 0 Å². The van der Waals surface area contributed by atoms with Crippen LogP contribution in [0.15, 0.2) is 70.6 Å². The number of nitrogens with zero attached hydrogens (tertiary/aromatic N) is 2. The number of alkyl halides is 6. The number of aryl methyl sites for hydroxylation is 1. The molecule has 0 bridgehead atoms. The largest absolute Gasteiger partial charge is 0.507 e. The quantitative estimate of drug-likeness (QED) is 0.302. The lowest BCUT2D eigenvalue weighted by atomic mass is 10.1. The van der Waals surface area contributed by atoms with Gasteiger partial charge in [-0.05, 0) is 47.9 Å². The van der Waals surface area contributed by atoms with E-state index in [0.717, 1.165) is 12.1 Å². The summed E-state index contributed by atoms with van der Waals surface area (Å²) in [6, 6.07) is 13.3. The third-order valence-corrected chi connectivity index (χ3v) is 4.94. The van der Waals surface area contributed by atoms with Crippen molar-refractivity contribution in [2.24, 2.45) is 9.98 Å². The molecule has 0 radical (unpaired) electrons. The predicted molar refractivity (Wildman–Crippen MR) is 118 cm³/mol. The smallest absolute Gasteiger partial charge is 0.416 e. The second-order valence-corrected chi connectivity index (χ2v) is 7.54. The van der Waals surface area contributed by atoms with Crippen LogP contribution in [0.2, 0.25) is 0 Å². The van der Waals surface area contributed by atoms with Crippen molar-refractivity contribution in [1.82, 2.24) is 0 Å². The van der Waals surface area contributed by atoms with Gasteiger partial charge in [0.15, 0.2) is 0 Å². The maximum atomic E-state index is 13.1. The lowest BCUT2D eigenvalue weighted by molar-refractivity contribution is -0.139. The number of phenolic OH excluding ortho intramolecular Hbond substituents is 1. The van der Waals surface area contributed by atoms with Crippen LogP contribution in [0.5, 0.6) is 5.75 Å². The molecule has 0 atom stereocenters. The van der Waals surface area contributed by atoms with E-state index < -0.39 is 23.5 Å². The first-order chi connectivity index (χ1) is 16.0. The summed E-state index contributed by atoms with van der Waals surface area (Å²) in [6.07, 6.45) is -6.50. The number of hydrogen-bond acceptors (Lipinski definition) is 3. The van der Waals surface area contributed by atoms with Crippen LogP contribution in [0.25, 0.3) is 0 Å². The average Bonchev–Trinajstić information content (AvgIpc) is 2.76. The fourth-order valence-electron chi connectivity index (χ4n) is 3.39. The van der Waals surface area contributed by atoms with Crippen LogP contribution < -0.4 is 0 Å². The Kier molecular flexibility index (Phi) is 7.44. The molecule has 0 saturated heterocycles. The van der Waals surface area contributed by atoms with Crippen LogP contribution in [0.1, 0.15) is 38.9 Å². The van der Waals surface area contributed by atoms with Crippen molar-refractivity contribution in [3.8, 4) is 5.75 Å². The van der Waals surface area contributed by atoms with E-state index in [1.54, 1.807) is 19.1 Å². The van der Waals surface area contributed by atoms with Gasteiger partial charge in [0, 0.05) is 23.6 Å². The molecule has 0 aliphatic rings. The number of aromatic hydroxyl groups is 1. The molecule has 178 valence electrons. The van der Waals surface area contributed by atoms with Gasteiger partial charge in [-0.2, -0.15) is 26.3 Å². The van der Waals surface area contributed by atoms with Crippen LogP contribution >= 0.6 is 0 Å². The molecule has 0 aliphatic carbocycles. The number of aliphatic imine (C=N–C) groups is 2. The van der Waals surface area contributed by atoms with Gasteiger partial charge in [-0.25, -0.2) is 0 Å². The number of hydrogen-bond donors (Lipinski definition) is 1. The summed E-state index contributed by atoms with van der Waals surface area (Å²) in [5.41, 5.74) is -0.387. The van der Waals surface area contributed by atoms with Gasteiger partial charge in [0.2, 0.25) is 0 Å². The first-order valence-corrected chi connectivity index (χ1v) is 10.1. The Balaban J connectivity index is 1.80. The molecule has 0 aliphatic heterocycles. The van der Waals surface area contributed by atoms with Crippen molar-refractivity contribution >= 4 is 12.4 Å². The van der Waals surface area contributed by atoms with E-state index in [9.17, 15) is 31.4 Å².